The largest absolute Gasteiger partial charge is 0.216 e. The van der Waals surface area contributed by atoms with Gasteiger partial charge in [0.1, 0.15) is 6.07 Å². The fourth-order valence-electron chi connectivity index (χ4n) is 2.27. The minimum atomic E-state index is 0.349. The molecule has 1 fully saturated rings. The maximum Gasteiger partial charge on any atom is 0.186 e. The summed E-state index contributed by atoms with van der Waals surface area (Å²) in [5, 5.41) is 18.2. The van der Waals surface area contributed by atoms with E-state index in [1.54, 1.807) is 22.9 Å². The molecular weight excluding hydrogens is 283 g/mol. The second-order valence-corrected chi connectivity index (χ2v) is 5.48. The lowest BCUT2D eigenvalue weighted by Gasteiger charge is -2.25. The highest BCUT2D eigenvalue weighted by atomic mass is 35.5. The van der Waals surface area contributed by atoms with E-state index >= 15 is 0 Å². The van der Waals surface area contributed by atoms with E-state index in [9.17, 15) is 0 Å². The van der Waals surface area contributed by atoms with Gasteiger partial charge in [-0.15, -0.1) is 5.10 Å². The smallest absolute Gasteiger partial charge is 0.186 e. The maximum atomic E-state index is 9.14. The zero-order valence-corrected chi connectivity index (χ0v) is 11.5. The number of nitriles is 1. The van der Waals surface area contributed by atoms with Gasteiger partial charge >= 0.3 is 0 Å². The van der Waals surface area contributed by atoms with Crippen LogP contribution in [0.5, 0.6) is 0 Å². The lowest BCUT2D eigenvalue weighted by Crippen LogP contribution is -2.15. The fourth-order valence-corrected chi connectivity index (χ4v) is 2.78. The summed E-state index contributed by atoms with van der Waals surface area (Å²) in [5.41, 5.74) is 2.00. The number of hydrogen-bond acceptors (Lipinski definition) is 3. The molecule has 0 radical (unpaired) electrons. The molecule has 0 amide bonds. The van der Waals surface area contributed by atoms with Crippen molar-refractivity contribution in [1.82, 2.24) is 15.0 Å². The molecule has 3 rings (SSSR count). The van der Waals surface area contributed by atoms with Crippen LogP contribution in [0, 0.1) is 11.3 Å². The van der Waals surface area contributed by atoms with Crippen LogP contribution in [0.15, 0.2) is 18.2 Å². The highest BCUT2D eigenvalue weighted by Crippen LogP contribution is 2.38. The number of rotatable bonds is 2. The molecule has 1 aliphatic rings. The molecule has 1 aromatic carbocycles. The van der Waals surface area contributed by atoms with Crippen LogP contribution < -0.4 is 0 Å². The SMILES string of the molecule is N#Cc1nnn(-c2cc(Cl)cc(Cl)c2)c1C1CCC1. The number of hydrogen-bond donors (Lipinski definition) is 0. The normalized spacial score (nSPS) is 15.0. The van der Waals surface area contributed by atoms with Gasteiger partial charge in [0.2, 0.25) is 0 Å². The van der Waals surface area contributed by atoms with Gasteiger partial charge in [0.25, 0.3) is 0 Å². The first-order valence-corrected chi connectivity index (χ1v) is 6.77. The molecule has 1 heterocycles. The quantitative estimate of drug-likeness (QED) is 0.848. The van der Waals surface area contributed by atoms with Crippen LogP contribution in [0.25, 0.3) is 5.69 Å². The number of benzene rings is 1. The standard InChI is InChI=1S/C13H10Cl2N4/c14-9-4-10(15)6-11(5-9)19-13(8-2-1-3-8)12(7-16)17-18-19/h4-6,8H,1-3H2. The van der Waals surface area contributed by atoms with E-state index in [1.807, 2.05) is 0 Å². The van der Waals surface area contributed by atoms with Crippen molar-refractivity contribution in [2.24, 2.45) is 0 Å². The maximum absolute atomic E-state index is 9.14. The molecule has 0 saturated heterocycles. The first kappa shape index (κ1) is 12.5. The average Bonchev–Trinajstić information content (AvgIpc) is 2.69. The summed E-state index contributed by atoms with van der Waals surface area (Å²) >= 11 is 12.0. The van der Waals surface area contributed by atoms with E-state index in [-0.39, 0.29) is 0 Å². The Kier molecular flexibility index (Phi) is 3.17. The molecule has 96 valence electrons. The summed E-state index contributed by atoms with van der Waals surface area (Å²) in [4.78, 5) is 0. The monoisotopic (exact) mass is 292 g/mol. The number of nitrogens with zero attached hydrogens (tertiary/aromatic N) is 4. The molecule has 0 atom stereocenters. The van der Waals surface area contributed by atoms with Gasteiger partial charge in [0.05, 0.1) is 11.4 Å². The molecule has 2 aromatic rings. The van der Waals surface area contributed by atoms with Crippen LogP contribution >= 0.6 is 23.2 Å². The third-order valence-electron chi connectivity index (χ3n) is 3.39. The lowest BCUT2D eigenvalue weighted by atomic mass is 9.82. The summed E-state index contributed by atoms with van der Waals surface area (Å²) in [6.45, 7) is 0. The van der Waals surface area contributed by atoms with Crippen molar-refractivity contribution in [1.29, 1.82) is 5.26 Å². The van der Waals surface area contributed by atoms with E-state index in [4.69, 9.17) is 28.5 Å². The lowest BCUT2D eigenvalue weighted by molar-refractivity contribution is 0.402. The summed E-state index contributed by atoms with van der Waals surface area (Å²) in [7, 11) is 0. The van der Waals surface area contributed by atoms with Gasteiger partial charge in [0, 0.05) is 16.0 Å². The van der Waals surface area contributed by atoms with Crippen LogP contribution in [0.3, 0.4) is 0 Å². The Labute approximate surface area is 120 Å². The molecule has 1 aliphatic carbocycles. The predicted molar refractivity (Wildman–Crippen MR) is 72.7 cm³/mol. The van der Waals surface area contributed by atoms with Gasteiger partial charge in [-0.05, 0) is 31.0 Å². The Hall–Kier alpha value is -1.57. The summed E-state index contributed by atoms with van der Waals surface area (Å²) < 4.78 is 1.68. The summed E-state index contributed by atoms with van der Waals surface area (Å²) in [5.74, 6) is 0.349. The molecule has 1 aromatic heterocycles. The Morgan fingerprint density at radius 2 is 1.89 bits per heavy atom. The molecular formula is C13H10Cl2N4. The topological polar surface area (TPSA) is 54.5 Å². The first-order chi connectivity index (χ1) is 9.19. The fraction of sp³-hybridized carbons (Fsp3) is 0.308. The minimum Gasteiger partial charge on any atom is -0.216 e. The third-order valence-corrected chi connectivity index (χ3v) is 3.83. The van der Waals surface area contributed by atoms with E-state index in [2.05, 4.69) is 16.4 Å². The van der Waals surface area contributed by atoms with Gasteiger partial charge < -0.3 is 0 Å². The third kappa shape index (κ3) is 2.20. The van der Waals surface area contributed by atoms with Crippen molar-refractivity contribution < 1.29 is 0 Å². The molecule has 0 unspecified atom stereocenters. The Morgan fingerprint density at radius 1 is 1.21 bits per heavy atom. The molecule has 6 heteroatoms. The zero-order valence-electron chi connectivity index (χ0n) is 9.98. The van der Waals surface area contributed by atoms with E-state index in [1.165, 1.54) is 6.42 Å². The second kappa shape index (κ2) is 4.84. The summed E-state index contributed by atoms with van der Waals surface area (Å²) in [6.07, 6.45) is 3.31. The zero-order chi connectivity index (χ0) is 13.4. The molecule has 1 saturated carbocycles. The van der Waals surface area contributed by atoms with Crippen LogP contribution in [-0.2, 0) is 0 Å². The predicted octanol–water partition coefficient (Wildman–Crippen LogP) is 3.71. The number of aromatic nitrogens is 3. The molecule has 19 heavy (non-hydrogen) atoms. The molecule has 0 N–H and O–H groups in total. The van der Waals surface area contributed by atoms with Gasteiger partial charge in [-0.3, -0.25) is 0 Å². The van der Waals surface area contributed by atoms with Crippen LogP contribution in [0.2, 0.25) is 10.0 Å². The van der Waals surface area contributed by atoms with E-state index in [0.717, 1.165) is 24.2 Å². The van der Waals surface area contributed by atoms with Gasteiger partial charge in [-0.1, -0.05) is 34.8 Å². The van der Waals surface area contributed by atoms with Crippen molar-refractivity contribution in [3.8, 4) is 11.8 Å². The van der Waals surface area contributed by atoms with Crippen molar-refractivity contribution in [2.75, 3.05) is 0 Å². The van der Waals surface area contributed by atoms with E-state index < -0.39 is 0 Å². The molecule has 0 bridgehead atoms. The van der Waals surface area contributed by atoms with Crippen molar-refractivity contribution in [3.63, 3.8) is 0 Å². The first-order valence-electron chi connectivity index (χ1n) is 6.01. The highest BCUT2D eigenvalue weighted by molar-refractivity contribution is 6.34. The Bertz CT molecular complexity index is 648. The van der Waals surface area contributed by atoms with Crippen LogP contribution in [0.1, 0.15) is 36.6 Å². The molecule has 0 aliphatic heterocycles. The average molecular weight is 293 g/mol. The van der Waals surface area contributed by atoms with Gasteiger partial charge in [0.15, 0.2) is 5.69 Å². The van der Waals surface area contributed by atoms with Crippen LogP contribution in [0.4, 0.5) is 0 Å². The van der Waals surface area contributed by atoms with Crippen molar-refractivity contribution in [2.45, 2.75) is 25.2 Å². The van der Waals surface area contributed by atoms with Crippen molar-refractivity contribution in [3.05, 3.63) is 39.6 Å². The van der Waals surface area contributed by atoms with Crippen LogP contribution in [-0.4, -0.2) is 15.0 Å². The molecule has 0 spiro atoms. The van der Waals surface area contributed by atoms with E-state index in [0.29, 0.717) is 21.7 Å². The second-order valence-electron chi connectivity index (χ2n) is 4.60. The molecule has 4 nitrogen and oxygen atoms in total. The summed E-state index contributed by atoms with van der Waals surface area (Å²) in [6, 6.07) is 7.31. The number of halogens is 2. The van der Waals surface area contributed by atoms with Crippen molar-refractivity contribution >= 4 is 23.2 Å². The van der Waals surface area contributed by atoms with Gasteiger partial charge in [-0.25, -0.2) is 4.68 Å². The van der Waals surface area contributed by atoms with Gasteiger partial charge in [-0.2, -0.15) is 5.26 Å². The Balaban J connectivity index is 2.14. The minimum absolute atomic E-state index is 0.349. The Morgan fingerprint density at radius 3 is 2.42 bits per heavy atom. The highest BCUT2D eigenvalue weighted by Gasteiger charge is 2.28.